The Hall–Kier alpha value is -1.90. The highest BCUT2D eigenvalue weighted by Gasteiger charge is 2.59. The lowest BCUT2D eigenvalue weighted by molar-refractivity contribution is -0.123. The van der Waals surface area contributed by atoms with E-state index in [1.54, 1.807) is 0 Å². The van der Waals surface area contributed by atoms with Crippen LogP contribution in [0.15, 0.2) is 30.4 Å². The lowest BCUT2D eigenvalue weighted by Crippen LogP contribution is -2.33. The van der Waals surface area contributed by atoms with Gasteiger partial charge in [0.15, 0.2) is 0 Å². The number of anilines is 1. The van der Waals surface area contributed by atoms with Gasteiger partial charge in [-0.2, -0.15) is 0 Å². The molecule has 0 N–H and O–H groups in total. The van der Waals surface area contributed by atoms with Crippen LogP contribution >= 0.6 is 0 Å². The van der Waals surface area contributed by atoms with E-state index in [0.29, 0.717) is 0 Å². The quantitative estimate of drug-likeness (QED) is 0.579. The number of carbonyl (C=O) groups excluding carboxylic acids is 2. The van der Waals surface area contributed by atoms with Gasteiger partial charge in [-0.25, -0.2) is 4.90 Å². The Morgan fingerprint density at radius 3 is 2.15 bits per heavy atom. The molecule has 3 nitrogen and oxygen atoms in total. The van der Waals surface area contributed by atoms with Gasteiger partial charge in [0.2, 0.25) is 11.8 Å². The summed E-state index contributed by atoms with van der Waals surface area (Å²) in [5.41, 5.74) is 2.90. The molecule has 102 valence electrons. The summed E-state index contributed by atoms with van der Waals surface area (Å²) in [7, 11) is 0. The molecule has 4 atom stereocenters. The molecule has 1 aromatic rings. The van der Waals surface area contributed by atoms with Gasteiger partial charge in [0.25, 0.3) is 0 Å². The van der Waals surface area contributed by atoms with Crippen LogP contribution in [0.5, 0.6) is 0 Å². The van der Waals surface area contributed by atoms with Crippen LogP contribution in [0.2, 0.25) is 0 Å². The molecule has 1 saturated heterocycles. The van der Waals surface area contributed by atoms with Crippen molar-refractivity contribution in [3.05, 3.63) is 41.5 Å². The monoisotopic (exact) mass is 267 g/mol. The maximum Gasteiger partial charge on any atom is 0.238 e. The molecule has 1 aromatic carbocycles. The lowest BCUT2D eigenvalue weighted by atomic mass is 9.85. The van der Waals surface area contributed by atoms with Crippen LogP contribution in [0.1, 0.15) is 17.5 Å². The number of carbonyl (C=O) groups is 2. The number of imide groups is 1. The fraction of sp³-hybridized carbons (Fsp3) is 0.412. The van der Waals surface area contributed by atoms with Gasteiger partial charge in [0.1, 0.15) is 0 Å². The van der Waals surface area contributed by atoms with Gasteiger partial charge in [-0.3, -0.25) is 9.59 Å². The number of aryl methyl sites for hydroxylation is 2. The molecular weight excluding hydrogens is 250 g/mol. The molecule has 3 heteroatoms. The molecule has 3 aliphatic rings. The molecule has 0 aromatic heterocycles. The lowest BCUT2D eigenvalue weighted by Gasteiger charge is -2.19. The van der Waals surface area contributed by atoms with Gasteiger partial charge in [0.05, 0.1) is 17.5 Å². The number of nitrogens with zero attached hydrogens (tertiary/aromatic N) is 1. The first kappa shape index (κ1) is 11.9. The van der Waals surface area contributed by atoms with Crippen molar-refractivity contribution in [3.63, 3.8) is 0 Å². The topological polar surface area (TPSA) is 37.4 Å². The van der Waals surface area contributed by atoms with Gasteiger partial charge in [-0.05, 0) is 43.7 Å². The van der Waals surface area contributed by atoms with E-state index >= 15 is 0 Å². The summed E-state index contributed by atoms with van der Waals surface area (Å²) in [4.78, 5) is 26.8. The molecule has 2 aliphatic carbocycles. The summed E-state index contributed by atoms with van der Waals surface area (Å²) in [5.74, 6) is 0.332. The molecule has 0 spiro atoms. The van der Waals surface area contributed by atoms with E-state index in [0.717, 1.165) is 23.2 Å². The number of allylic oxidation sites excluding steroid dienone is 2. The maximum absolute atomic E-state index is 12.7. The van der Waals surface area contributed by atoms with Crippen LogP contribution in [0.3, 0.4) is 0 Å². The van der Waals surface area contributed by atoms with Crippen molar-refractivity contribution in [3.8, 4) is 0 Å². The van der Waals surface area contributed by atoms with Crippen LogP contribution in [0, 0.1) is 37.5 Å². The molecule has 20 heavy (non-hydrogen) atoms. The predicted molar refractivity (Wildman–Crippen MR) is 76.1 cm³/mol. The van der Waals surface area contributed by atoms with Crippen LogP contribution in [-0.4, -0.2) is 11.8 Å². The van der Waals surface area contributed by atoms with Crippen LogP contribution in [0.25, 0.3) is 0 Å². The van der Waals surface area contributed by atoms with E-state index < -0.39 is 0 Å². The van der Waals surface area contributed by atoms with E-state index in [1.165, 1.54) is 4.90 Å². The minimum atomic E-state index is -0.113. The Morgan fingerprint density at radius 1 is 1.00 bits per heavy atom. The van der Waals surface area contributed by atoms with Crippen LogP contribution in [-0.2, 0) is 9.59 Å². The van der Waals surface area contributed by atoms with E-state index in [9.17, 15) is 9.59 Å². The second kappa shape index (κ2) is 3.81. The highest BCUT2D eigenvalue weighted by atomic mass is 16.2. The van der Waals surface area contributed by atoms with E-state index in [4.69, 9.17) is 0 Å². The van der Waals surface area contributed by atoms with Crippen molar-refractivity contribution >= 4 is 17.5 Å². The third kappa shape index (κ3) is 1.35. The van der Waals surface area contributed by atoms with Gasteiger partial charge < -0.3 is 0 Å². The number of hydrogen-bond acceptors (Lipinski definition) is 2. The second-order valence-electron chi connectivity index (χ2n) is 6.30. The molecule has 0 unspecified atom stereocenters. The van der Waals surface area contributed by atoms with E-state index in [2.05, 4.69) is 12.2 Å². The molecular formula is C17H17NO2. The first-order valence-electron chi connectivity index (χ1n) is 7.21. The molecule has 0 radical (unpaired) electrons. The Bertz CT molecular complexity index is 631. The van der Waals surface area contributed by atoms with Crippen molar-refractivity contribution in [2.75, 3.05) is 4.90 Å². The predicted octanol–water partition coefficient (Wildman–Crippen LogP) is 2.61. The number of rotatable bonds is 1. The Morgan fingerprint density at radius 2 is 1.60 bits per heavy atom. The Labute approximate surface area is 118 Å². The fourth-order valence-electron chi connectivity index (χ4n) is 4.20. The fourth-order valence-corrected chi connectivity index (χ4v) is 4.20. The summed E-state index contributed by atoms with van der Waals surface area (Å²) in [6, 6.07) is 5.89. The minimum Gasteiger partial charge on any atom is -0.274 e. The average molecular weight is 267 g/mol. The Balaban J connectivity index is 1.78. The normalized spacial score (nSPS) is 34.2. The first-order chi connectivity index (χ1) is 9.58. The van der Waals surface area contributed by atoms with Gasteiger partial charge in [-0.15, -0.1) is 0 Å². The van der Waals surface area contributed by atoms with Crippen molar-refractivity contribution in [1.82, 2.24) is 0 Å². The molecule has 1 saturated carbocycles. The number of amides is 2. The highest BCUT2D eigenvalue weighted by Crippen LogP contribution is 2.53. The standard InChI is InChI=1S/C17H17NO2/c1-9-3-6-13(10(2)7-9)18-16(19)14-11-4-5-12(8-11)15(14)17(18)20/h3-7,11-12,14-15H,8H2,1-2H3/t11-,12-,14-,15-/m0/s1. The van der Waals surface area contributed by atoms with E-state index in [-0.39, 0.29) is 35.5 Å². The van der Waals surface area contributed by atoms with Gasteiger partial charge in [-0.1, -0.05) is 29.8 Å². The third-order valence-electron chi connectivity index (χ3n) is 5.06. The molecule has 4 rings (SSSR count). The number of benzene rings is 1. The number of fused-ring (bicyclic) bond motifs is 5. The largest absolute Gasteiger partial charge is 0.274 e. The molecule has 1 aliphatic heterocycles. The summed E-state index contributed by atoms with van der Waals surface area (Å²) < 4.78 is 0. The average Bonchev–Trinajstić information content (AvgIpc) is 3.06. The summed E-state index contributed by atoms with van der Waals surface area (Å²) in [6.07, 6.45) is 5.23. The van der Waals surface area contributed by atoms with Crippen molar-refractivity contribution < 1.29 is 9.59 Å². The minimum absolute atomic E-state index is 0.00352. The molecule has 2 amide bonds. The molecule has 2 bridgehead atoms. The summed E-state index contributed by atoms with van der Waals surface area (Å²) in [6.45, 7) is 3.98. The van der Waals surface area contributed by atoms with Crippen LogP contribution < -0.4 is 4.90 Å². The summed E-state index contributed by atoms with van der Waals surface area (Å²) in [5, 5.41) is 0. The first-order valence-corrected chi connectivity index (χ1v) is 7.21. The second-order valence-corrected chi connectivity index (χ2v) is 6.30. The van der Waals surface area contributed by atoms with Gasteiger partial charge >= 0.3 is 0 Å². The molecule has 1 heterocycles. The zero-order valence-electron chi connectivity index (χ0n) is 11.7. The third-order valence-corrected chi connectivity index (χ3v) is 5.06. The SMILES string of the molecule is Cc1ccc(N2C(=O)[C@@H]3[C@@H](C2=O)[C@H]2C=C[C@H]3C2)c(C)c1. The van der Waals surface area contributed by atoms with Crippen molar-refractivity contribution in [1.29, 1.82) is 0 Å². The number of hydrogen-bond donors (Lipinski definition) is 0. The van der Waals surface area contributed by atoms with Crippen molar-refractivity contribution in [2.45, 2.75) is 20.3 Å². The smallest absolute Gasteiger partial charge is 0.238 e. The van der Waals surface area contributed by atoms with E-state index in [1.807, 2.05) is 32.0 Å². The Kier molecular flexibility index (Phi) is 2.27. The van der Waals surface area contributed by atoms with Crippen LogP contribution in [0.4, 0.5) is 5.69 Å². The molecule has 2 fully saturated rings. The zero-order valence-corrected chi connectivity index (χ0v) is 11.7. The van der Waals surface area contributed by atoms with Gasteiger partial charge in [0, 0.05) is 0 Å². The highest BCUT2D eigenvalue weighted by molar-refractivity contribution is 6.23. The summed E-state index contributed by atoms with van der Waals surface area (Å²) >= 11 is 0. The zero-order chi connectivity index (χ0) is 14.0. The maximum atomic E-state index is 12.7. The van der Waals surface area contributed by atoms with Crippen molar-refractivity contribution in [2.24, 2.45) is 23.7 Å².